The smallest absolute Gasteiger partial charge is 0.250 e. The molecule has 1 atom stereocenters. The molecule has 0 N–H and O–H groups in total. The zero-order valence-electron chi connectivity index (χ0n) is 19.6. The second-order valence-electron chi connectivity index (χ2n) is 8.68. The van der Waals surface area contributed by atoms with E-state index in [0.717, 1.165) is 16.7 Å². The number of hydrogen-bond donors (Lipinski definition) is 0. The molecule has 1 unspecified atom stereocenters. The topological polar surface area (TPSA) is 65.1 Å². The van der Waals surface area contributed by atoms with Crippen molar-refractivity contribution in [2.45, 2.75) is 39.2 Å². The van der Waals surface area contributed by atoms with E-state index in [0.29, 0.717) is 57.1 Å². The normalized spacial score (nSPS) is 17.7. The fourth-order valence-electron chi connectivity index (χ4n) is 4.45. The molecule has 0 saturated carbocycles. The summed E-state index contributed by atoms with van der Waals surface area (Å²) in [6.45, 7) is 5.51. The summed E-state index contributed by atoms with van der Waals surface area (Å²) in [6.07, 6.45) is 1.65. The lowest BCUT2D eigenvalue weighted by Crippen LogP contribution is -2.48. The highest BCUT2D eigenvalue weighted by Gasteiger charge is 2.30. The number of Topliss-reactive ketones (excluding diaryl/α,β-unsaturated/α-hetero) is 1. The van der Waals surface area contributed by atoms with Crippen molar-refractivity contribution in [3.63, 3.8) is 0 Å². The third kappa shape index (κ3) is 5.28. The van der Waals surface area contributed by atoms with Crippen molar-refractivity contribution < 1.29 is 23.8 Å². The van der Waals surface area contributed by atoms with Crippen LogP contribution in [0.3, 0.4) is 0 Å². The van der Waals surface area contributed by atoms with Gasteiger partial charge in [0.15, 0.2) is 11.5 Å². The maximum atomic E-state index is 13.3. The number of ketones is 1. The van der Waals surface area contributed by atoms with Crippen molar-refractivity contribution in [1.29, 1.82) is 0 Å². The average Bonchev–Trinajstić information content (AvgIpc) is 3.17. The van der Waals surface area contributed by atoms with Crippen LogP contribution in [0.2, 0.25) is 0 Å². The second-order valence-corrected chi connectivity index (χ2v) is 8.68. The minimum Gasteiger partial charge on any atom is -0.493 e. The molecule has 2 aromatic carbocycles. The van der Waals surface area contributed by atoms with Crippen molar-refractivity contribution in [3.05, 3.63) is 64.7 Å². The number of hydrogen-bond acceptors (Lipinski definition) is 5. The van der Waals surface area contributed by atoms with Crippen LogP contribution in [-0.4, -0.2) is 56.1 Å². The summed E-state index contributed by atoms with van der Waals surface area (Å²) in [5.41, 5.74) is 5.37. The molecular formula is C27H31NO5. The van der Waals surface area contributed by atoms with Gasteiger partial charge in [-0.1, -0.05) is 30.3 Å². The van der Waals surface area contributed by atoms with Gasteiger partial charge in [0.05, 0.1) is 20.3 Å². The Kier molecular flexibility index (Phi) is 7.14. The van der Waals surface area contributed by atoms with Gasteiger partial charge in [-0.15, -0.1) is 0 Å². The zero-order valence-corrected chi connectivity index (χ0v) is 19.6. The molecule has 0 aromatic heterocycles. The van der Waals surface area contributed by atoms with Crippen molar-refractivity contribution in [3.8, 4) is 11.5 Å². The number of carbonyl (C=O) groups excluding carboxylic acids is 2. The van der Waals surface area contributed by atoms with Crippen LogP contribution < -0.4 is 9.47 Å². The third-order valence-electron chi connectivity index (χ3n) is 6.34. The number of aryl methyl sites for hydroxylation is 1. The highest BCUT2D eigenvalue weighted by atomic mass is 16.5. The van der Waals surface area contributed by atoms with Gasteiger partial charge in [-0.05, 0) is 54.7 Å². The highest BCUT2D eigenvalue weighted by molar-refractivity contribution is 6.03. The molecule has 2 aromatic rings. The predicted molar refractivity (Wildman–Crippen MR) is 127 cm³/mol. The number of fused-ring (bicyclic) bond motifs is 1. The minimum absolute atomic E-state index is 0.0874. The number of carbonyl (C=O) groups is 2. The van der Waals surface area contributed by atoms with Crippen LogP contribution in [0.15, 0.2) is 48.0 Å². The Morgan fingerprint density at radius 1 is 1.15 bits per heavy atom. The Hall–Kier alpha value is -3.12. The van der Waals surface area contributed by atoms with E-state index in [1.807, 2.05) is 42.2 Å². The molecule has 0 radical (unpaired) electrons. The van der Waals surface area contributed by atoms with E-state index < -0.39 is 0 Å². The fraction of sp³-hybridized carbons (Fsp3) is 0.407. The zero-order chi connectivity index (χ0) is 23.4. The summed E-state index contributed by atoms with van der Waals surface area (Å²) in [5.74, 6) is 1.50. The van der Waals surface area contributed by atoms with Gasteiger partial charge in [-0.25, -0.2) is 0 Å². The van der Waals surface area contributed by atoms with Crippen molar-refractivity contribution >= 4 is 17.3 Å². The monoisotopic (exact) mass is 449 g/mol. The Bertz CT molecular complexity index is 1070. The SMILES string of the molecule is COc1cc(CCC(C)=O)ccc1OCC1CN(C(=O)C2=C(C)c3ccccc3C2)CCO1. The van der Waals surface area contributed by atoms with E-state index in [1.54, 1.807) is 14.0 Å². The average molecular weight is 450 g/mol. The molecule has 4 rings (SSSR count). The van der Waals surface area contributed by atoms with Crippen molar-refractivity contribution in [1.82, 2.24) is 4.90 Å². The molecule has 33 heavy (non-hydrogen) atoms. The largest absolute Gasteiger partial charge is 0.493 e. The number of methoxy groups -OCH3 is 1. The number of ether oxygens (including phenoxy) is 3. The first-order chi connectivity index (χ1) is 16.0. The Balaban J connectivity index is 1.36. The lowest BCUT2D eigenvalue weighted by molar-refractivity contribution is -0.135. The lowest BCUT2D eigenvalue weighted by atomic mass is 10.1. The van der Waals surface area contributed by atoms with Crippen molar-refractivity contribution in [2.75, 3.05) is 33.4 Å². The highest BCUT2D eigenvalue weighted by Crippen LogP contribution is 2.33. The van der Waals surface area contributed by atoms with Gasteiger partial charge in [0, 0.05) is 25.0 Å². The van der Waals surface area contributed by atoms with Gasteiger partial charge >= 0.3 is 0 Å². The number of rotatable bonds is 8. The molecule has 1 fully saturated rings. The quantitative estimate of drug-likeness (QED) is 0.613. The van der Waals surface area contributed by atoms with Crippen LogP contribution in [0.1, 0.15) is 37.0 Å². The summed E-state index contributed by atoms with van der Waals surface area (Å²) in [7, 11) is 1.60. The maximum absolute atomic E-state index is 13.3. The Morgan fingerprint density at radius 3 is 2.73 bits per heavy atom. The molecule has 0 spiro atoms. The molecule has 1 amide bonds. The predicted octanol–water partition coefficient (Wildman–Crippen LogP) is 3.85. The fourth-order valence-corrected chi connectivity index (χ4v) is 4.45. The number of nitrogens with zero attached hydrogens (tertiary/aromatic N) is 1. The van der Waals surface area contributed by atoms with Crippen molar-refractivity contribution in [2.24, 2.45) is 0 Å². The second kappa shape index (κ2) is 10.2. The van der Waals surface area contributed by atoms with Crippen LogP contribution in [0.5, 0.6) is 11.5 Å². The summed E-state index contributed by atoms with van der Waals surface area (Å²) in [5, 5.41) is 0. The first-order valence-corrected chi connectivity index (χ1v) is 11.4. The van der Waals surface area contributed by atoms with E-state index in [9.17, 15) is 9.59 Å². The van der Waals surface area contributed by atoms with Crippen LogP contribution >= 0.6 is 0 Å². The standard InChI is InChI=1S/C27H31NO5/c1-18(29)8-9-20-10-11-25(26(14-20)31-3)33-17-22-16-28(12-13-32-22)27(30)24-15-21-6-4-5-7-23(21)19(24)2/h4-7,10-11,14,22H,8-9,12-13,15-17H2,1-3H3. The van der Waals surface area contributed by atoms with Crippen LogP contribution in [-0.2, 0) is 27.2 Å². The molecule has 1 saturated heterocycles. The van der Waals surface area contributed by atoms with E-state index in [1.165, 1.54) is 11.1 Å². The number of morpholine rings is 1. The maximum Gasteiger partial charge on any atom is 0.250 e. The number of allylic oxidation sites excluding steroid dienone is 1. The van der Waals surface area contributed by atoms with E-state index in [2.05, 4.69) is 12.1 Å². The molecule has 1 aliphatic heterocycles. The summed E-state index contributed by atoms with van der Waals surface area (Å²) >= 11 is 0. The number of amides is 1. The van der Waals surface area contributed by atoms with Gasteiger partial charge < -0.3 is 23.9 Å². The molecule has 0 bridgehead atoms. The molecule has 1 heterocycles. The summed E-state index contributed by atoms with van der Waals surface area (Å²) in [6, 6.07) is 13.9. The van der Waals surface area contributed by atoms with Crippen LogP contribution in [0, 0.1) is 0 Å². The molecule has 6 nitrogen and oxygen atoms in total. The van der Waals surface area contributed by atoms with Gasteiger partial charge in [0.2, 0.25) is 0 Å². The minimum atomic E-state index is -0.213. The molecule has 1 aliphatic carbocycles. The van der Waals surface area contributed by atoms with Crippen LogP contribution in [0.25, 0.3) is 5.57 Å². The van der Waals surface area contributed by atoms with Gasteiger partial charge in [0.1, 0.15) is 18.5 Å². The van der Waals surface area contributed by atoms with Gasteiger partial charge in [-0.2, -0.15) is 0 Å². The lowest BCUT2D eigenvalue weighted by Gasteiger charge is -2.33. The molecule has 174 valence electrons. The van der Waals surface area contributed by atoms with Gasteiger partial charge in [-0.3, -0.25) is 4.79 Å². The van der Waals surface area contributed by atoms with E-state index in [-0.39, 0.29) is 17.8 Å². The van der Waals surface area contributed by atoms with E-state index in [4.69, 9.17) is 14.2 Å². The molecular weight excluding hydrogens is 418 g/mol. The molecule has 6 heteroatoms. The number of benzene rings is 2. The first kappa shape index (κ1) is 23.1. The van der Waals surface area contributed by atoms with Crippen LogP contribution in [0.4, 0.5) is 0 Å². The summed E-state index contributed by atoms with van der Waals surface area (Å²) in [4.78, 5) is 26.4. The third-order valence-corrected chi connectivity index (χ3v) is 6.34. The molecule has 2 aliphatic rings. The van der Waals surface area contributed by atoms with E-state index >= 15 is 0 Å². The van der Waals surface area contributed by atoms with Gasteiger partial charge in [0.25, 0.3) is 5.91 Å². The summed E-state index contributed by atoms with van der Waals surface area (Å²) < 4.78 is 17.4. The Labute approximate surface area is 195 Å². The Morgan fingerprint density at radius 2 is 1.97 bits per heavy atom. The first-order valence-electron chi connectivity index (χ1n) is 11.4.